The van der Waals surface area contributed by atoms with Crippen LogP contribution in [0.15, 0.2) is 48.5 Å². The van der Waals surface area contributed by atoms with Gasteiger partial charge in [0.25, 0.3) is 5.91 Å². The maximum absolute atomic E-state index is 14.0. The molecule has 2 amide bonds. The van der Waals surface area contributed by atoms with Gasteiger partial charge in [0.05, 0.1) is 18.1 Å². The maximum Gasteiger partial charge on any atom is 0.256 e. The largest absolute Gasteiger partial charge is 0.497 e. The van der Waals surface area contributed by atoms with Crippen LogP contribution >= 0.6 is 0 Å². The predicted octanol–water partition coefficient (Wildman–Crippen LogP) is 3.39. The quantitative estimate of drug-likeness (QED) is 0.860. The third kappa shape index (κ3) is 4.32. The SMILES string of the molecule is COc1cccc(CNC(=O)C2(C)CCCN(C(=O)c3ccccc3F)C2)c1. The van der Waals surface area contributed by atoms with E-state index in [2.05, 4.69) is 5.32 Å². The minimum absolute atomic E-state index is 0.0449. The van der Waals surface area contributed by atoms with Crippen LogP contribution in [0.2, 0.25) is 0 Å². The topological polar surface area (TPSA) is 58.6 Å². The average molecular weight is 384 g/mol. The van der Waals surface area contributed by atoms with Gasteiger partial charge >= 0.3 is 0 Å². The highest BCUT2D eigenvalue weighted by Crippen LogP contribution is 2.31. The minimum Gasteiger partial charge on any atom is -0.497 e. The standard InChI is InChI=1S/C22H25FN2O3/c1-22(21(27)24-14-16-7-5-8-17(13-16)28-2)11-6-12-25(15-22)20(26)18-9-3-4-10-19(18)23/h3-5,7-10,13H,6,11-12,14-15H2,1-2H3,(H,24,27). The number of benzene rings is 2. The van der Waals surface area contributed by atoms with Crippen LogP contribution in [0.4, 0.5) is 4.39 Å². The molecule has 1 unspecified atom stereocenters. The van der Waals surface area contributed by atoms with E-state index in [0.717, 1.165) is 11.3 Å². The zero-order chi connectivity index (χ0) is 20.1. The lowest BCUT2D eigenvalue weighted by atomic mass is 9.80. The molecular formula is C22H25FN2O3. The molecule has 5 nitrogen and oxygen atoms in total. The van der Waals surface area contributed by atoms with Gasteiger partial charge < -0.3 is 15.0 Å². The Morgan fingerprint density at radius 2 is 2.00 bits per heavy atom. The number of carbonyl (C=O) groups excluding carboxylic acids is 2. The average Bonchev–Trinajstić information content (AvgIpc) is 2.72. The van der Waals surface area contributed by atoms with Crippen molar-refractivity contribution < 1.29 is 18.7 Å². The number of carbonyl (C=O) groups is 2. The van der Waals surface area contributed by atoms with Crippen LogP contribution in [0.1, 0.15) is 35.7 Å². The van der Waals surface area contributed by atoms with Gasteiger partial charge in [0.1, 0.15) is 11.6 Å². The predicted molar refractivity (Wildman–Crippen MR) is 104 cm³/mol. The zero-order valence-corrected chi connectivity index (χ0v) is 16.2. The lowest BCUT2D eigenvalue weighted by Gasteiger charge is -2.39. The summed E-state index contributed by atoms with van der Waals surface area (Å²) in [5, 5.41) is 2.96. The number of hydrogen-bond acceptors (Lipinski definition) is 3. The fraction of sp³-hybridized carbons (Fsp3) is 0.364. The van der Waals surface area contributed by atoms with E-state index in [0.29, 0.717) is 25.9 Å². The van der Waals surface area contributed by atoms with E-state index in [-0.39, 0.29) is 23.9 Å². The van der Waals surface area contributed by atoms with Gasteiger partial charge in [-0.05, 0) is 49.6 Å². The highest BCUT2D eigenvalue weighted by molar-refractivity contribution is 5.95. The molecule has 1 aliphatic rings. The number of amides is 2. The van der Waals surface area contributed by atoms with Crippen LogP contribution in [0, 0.1) is 11.2 Å². The highest BCUT2D eigenvalue weighted by atomic mass is 19.1. The van der Waals surface area contributed by atoms with Gasteiger partial charge in [-0.15, -0.1) is 0 Å². The van der Waals surface area contributed by atoms with Gasteiger partial charge in [0.2, 0.25) is 5.91 Å². The molecule has 1 saturated heterocycles. The summed E-state index contributed by atoms with van der Waals surface area (Å²) in [5.74, 6) is -0.287. The second-order valence-electron chi connectivity index (χ2n) is 7.40. The second-order valence-corrected chi connectivity index (χ2v) is 7.40. The van der Waals surface area contributed by atoms with E-state index in [4.69, 9.17) is 4.74 Å². The molecule has 0 bridgehead atoms. The van der Waals surface area contributed by atoms with Gasteiger partial charge in [-0.3, -0.25) is 9.59 Å². The number of ether oxygens (including phenoxy) is 1. The normalized spacial score (nSPS) is 19.2. The lowest BCUT2D eigenvalue weighted by Crippen LogP contribution is -2.51. The molecule has 1 aliphatic heterocycles. The van der Waals surface area contributed by atoms with E-state index >= 15 is 0 Å². The number of nitrogens with one attached hydrogen (secondary N) is 1. The molecule has 1 heterocycles. The number of hydrogen-bond donors (Lipinski definition) is 1. The smallest absolute Gasteiger partial charge is 0.256 e. The van der Waals surface area contributed by atoms with Crippen LogP contribution in [-0.4, -0.2) is 36.9 Å². The molecule has 2 aromatic carbocycles. The molecule has 0 aliphatic carbocycles. The van der Waals surface area contributed by atoms with Crippen LogP contribution in [-0.2, 0) is 11.3 Å². The summed E-state index contributed by atoms with van der Waals surface area (Å²) in [6.07, 6.45) is 1.38. The van der Waals surface area contributed by atoms with Crippen molar-refractivity contribution in [1.29, 1.82) is 0 Å². The molecule has 28 heavy (non-hydrogen) atoms. The molecule has 6 heteroatoms. The van der Waals surface area contributed by atoms with E-state index in [1.807, 2.05) is 31.2 Å². The van der Waals surface area contributed by atoms with Gasteiger partial charge in [-0.1, -0.05) is 24.3 Å². The Hall–Kier alpha value is -2.89. The lowest BCUT2D eigenvalue weighted by molar-refractivity contribution is -0.132. The summed E-state index contributed by atoms with van der Waals surface area (Å²) in [5.41, 5.74) is 0.271. The number of nitrogens with zero attached hydrogens (tertiary/aromatic N) is 1. The van der Waals surface area contributed by atoms with Crippen molar-refractivity contribution in [1.82, 2.24) is 10.2 Å². The molecule has 3 rings (SSSR count). The number of rotatable bonds is 5. The fourth-order valence-electron chi connectivity index (χ4n) is 3.58. The molecule has 0 radical (unpaired) electrons. The Morgan fingerprint density at radius 3 is 2.75 bits per heavy atom. The monoisotopic (exact) mass is 384 g/mol. The first-order valence-electron chi connectivity index (χ1n) is 9.38. The Labute approximate surface area is 164 Å². The molecule has 2 aromatic rings. The summed E-state index contributed by atoms with van der Waals surface area (Å²) < 4.78 is 19.2. The van der Waals surface area contributed by atoms with Crippen LogP contribution < -0.4 is 10.1 Å². The van der Waals surface area contributed by atoms with Crippen molar-refractivity contribution in [3.8, 4) is 5.75 Å². The molecule has 0 spiro atoms. The Balaban J connectivity index is 1.66. The van der Waals surface area contributed by atoms with E-state index in [9.17, 15) is 14.0 Å². The maximum atomic E-state index is 14.0. The zero-order valence-electron chi connectivity index (χ0n) is 16.2. The summed E-state index contributed by atoms with van der Waals surface area (Å²) in [6.45, 7) is 3.03. The second kappa shape index (κ2) is 8.42. The van der Waals surface area contributed by atoms with E-state index in [1.54, 1.807) is 24.1 Å². The van der Waals surface area contributed by atoms with Crippen molar-refractivity contribution in [3.63, 3.8) is 0 Å². The number of halogens is 1. The van der Waals surface area contributed by atoms with E-state index < -0.39 is 11.2 Å². The number of piperidine rings is 1. The molecule has 0 saturated carbocycles. The van der Waals surface area contributed by atoms with Crippen molar-refractivity contribution in [2.24, 2.45) is 5.41 Å². The van der Waals surface area contributed by atoms with Crippen molar-refractivity contribution >= 4 is 11.8 Å². The Kier molecular flexibility index (Phi) is 5.97. The van der Waals surface area contributed by atoms with Crippen molar-refractivity contribution in [2.75, 3.05) is 20.2 Å². The Morgan fingerprint density at radius 1 is 1.21 bits per heavy atom. The summed E-state index contributed by atoms with van der Waals surface area (Å²) in [4.78, 5) is 27.2. The summed E-state index contributed by atoms with van der Waals surface area (Å²) >= 11 is 0. The minimum atomic E-state index is -0.710. The first-order chi connectivity index (χ1) is 13.4. The van der Waals surface area contributed by atoms with Gasteiger partial charge in [0, 0.05) is 19.6 Å². The molecule has 0 aromatic heterocycles. The van der Waals surface area contributed by atoms with Crippen LogP contribution in [0.3, 0.4) is 0 Å². The first-order valence-corrected chi connectivity index (χ1v) is 9.38. The molecule has 148 valence electrons. The Bertz CT molecular complexity index is 870. The molecule has 1 N–H and O–H groups in total. The van der Waals surface area contributed by atoms with Crippen molar-refractivity contribution in [3.05, 3.63) is 65.5 Å². The van der Waals surface area contributed by atoms with Crippen molar-refractivity contribution in [2.45, 2.75) is 26.3 Å². The third-order valence-corrected chi connectivity index (χ3v) is 5.22. The first kappa shape index (κ1) is 19.9. The van der Waals surface area contributed by atoms with Gasteiger partial charge in [-0.2, -0.15) is 0 Å². The highest BCUT2D eigenvalue weighted by Gasteiger charge is 2.39. The number of methoxy groups -OCH3 is 1. The third-order valence-electron chi connectivity index (χ3n) is 5.22. The summed E-state index contributed by atoms with van der Waals surface area (Å²) in [7, 11) is 1.60. The van der Waals surface area contributed by atoms with E-state index in [1.165, 1.54) is 12.1 Å². The fourth-order valence-corrected chi connectivity index (χ4v) is 3.58. The molecular weight excluding hydrogens is 359 g/mol. The van der Waals surface area contributed by atoms with Gasteiger partial charge in [0.15, 0.2) is 0 Å². The van der Waals surface area contributed by atoms with Crippen LogP contribution in [0.5, 0.6) is 5.75 Å². The number of likely N-dealkylation sites (tertiary alicyclic amines) is 1. The van der Waals surface area contributed by atoms with Gasteiger partial charge in [-0.25, -0.2) is 4.39 Å². The molecule has 1 atom stereocenters. The molecule has 1 fully saturated rings. The van der Waals surface area contributed by atoms with Crippen LogP contribution in [0.25, 0.3) is 0 Å². The summed E-state index contributed by atoms with van der Waals surface area (Å²) in [6, 6.07) is 13.5.